The molecule has 5 heteroatoms. The van der Waals surface area contributed by atoms with Gasteiger partial charge in [0.2, 0.25) is 0 Å². The van der Waals surface area contributed by atoms with Gasteiger partial charge in [-0.25, -0.2) is 9.67 Å². The van der Waals surface area contributed by atoms with Crippen molar-refractivity contribution in [3.05, 3.63) is 48.0 Å². The molecular weight excluding hydrogens is 252 g/mol. The smallest absolute Gasteiger partial charge is 0.140 e. The summed E-state index contributed by atoms with van der Waals surface area (Å²) >= 11 is 0. The predicted octanol–water partition coefficient (Wildman–Crippen LogP) is 1.65. The van der Waals surface area contributed by atoms with E-state index in [1.54, 1.807) is 13.4 Å². The van der Waals surface area contributed by atoms with Gasteiger partial charge in [-0.2, -0.15) is 5.10 Å². The minimum absolute atomic E-state index is 0.710. The molecule has 1 heterocycles. The van der Waals surface area contributed by atoms with E-state index >= 15 is 0 Å². The van der Waals surface area contributed by atoms with Crippen LogP contribution in [0.4, 0.5) is 0 Å². The number of methoxy groups -OCH3 is 1. The number of aromatic nitrogens is 3. The van der Waals surface area contributed by atoms with Crippen LogP contribution in [0.1, 0.15) is 17.8 Å². The van der Waals surface area contributed by atoms with Gasteiger partial charge in [-0.15, -0.1) is 0 Å². The summed E-state index contributed by atoms with van der Waals surface area (Å²) in [7, 11) is 1.70. The molecule has 0 spiro atoms. The summed E-state index contributed by atoms with van der Waals surface area (Å²) < 4.78 is 6.97. The fourth-order valence-electron chi connectivity index (χ4n) is 2.06. The lowest BCUT2D eigenvalue weighted by atomic mass is 10.1. The highest BCUT2D eigenvalue weighted by molar-refractivity contribution is 5.14. The Bertz CT molecular complexity index is 484. The number of hydrogen-bond acceptors (Lipinski definition) is 4. The van der Waals surface area contributed by atoms with Crippen molar-refractivity contribution >= 4 is 0 Å². The summed E-state index contributed by atoms with van der Waals surface area (Å²) in [6.07, 6.45) is 3.76. The van der Waals surface area contributed by atoms with Crippen LogP contribution < -0.4 is 5.32 Å². The zero-order chi connectivity index (χ0) is 14.0. The van der Waals surface area contributed by atoms with Gasteiger partial charge in [0.1, 0.15) is 12.2 Å². The Morgan fingerprint density at radius 1 is 1.25 bits per heavy atom. The van der Waals surface area contributed by atoms with E-state index in [9.17, 15) is 0 Å². The molecule has 108 valence electrons. The Balaban J connectivity index is 1.74. The van der Waals surface area contributed by atoms with E-state index in [1.165, 1.54) is 5.56 Å². The monoisotopic (exact) mass is 274 g/mol. The largest absolute Gasteiger partial charge is 0.383 e. The topological polar surface area (TPSA) is 52.0 Å². The molecular formula is C15H22N4O. The van der Waals surface area contributed by atoms with Crippen molar-refractivity contribution in [2.75, 3.05) is 20.3 Å². The number of nitrogens with one attached hydrogen (secondary N) is 1. The maximum atomic E-state index is 5.00. The highest BCUT2D eigenvalue weighted by Crippen LogP contribution is 2.04. The number of benzene rings is 1. The van der Waals surface area contributed by atoms with Gasteiger partial charge in [0, 0.05) is 20.2 Å². The first-order chi connectivity index (χ1) is 9.90. The van der Waals surface area contributed by atoms with Crippen molar-refractivity contribution in [2.45, 2.75) is 25.9 Å². The van der Waals surface area contributed by atoms with E-state index in [1.807, 2.05) is 10.7 Å². The summed E-state index contributed by atoms with van der Waals surface area (Å²) in [5.41, 5.74) is 1.37. The third-order valence-corrected chi connectivity index (χ3v) is 3.14. The molecule has 5 nitrogen and oxygen atoms in total. The molecule has 2 rings (SSSR count). The van der Waals surface area contributed by atoms with E-state index in [-0.39, 0.29) is 0 Å². The quantitative estimate of drug-likeness (QED) is 0.706. The van der Waals surface area contributed by atoms with Gasteiger partial charge in [0.25, 0.3) is 0 Å². The first kappa shape index (κ1) is 14.7. The van der Waals surface area contributed by atoms with Gasteiger partial charge in [0.05, 0.1) is 13.2 Å². The first-order valence-electron chi connectivity index (χ1n) is 7.00. The van der Waals surface area contributed by atoms with E-state index < -0.39 is 0 Å². The minimum Gasteiger partial charge on any atom is -0.383 e. The fourth-order valence-corrected chi connectivity index (χ4v) is 2.06. The first-order valence-corrected chi connectivity index (χ1v) is 7.00. The van der Waals surface area contributed by atoms with Crippen LogP contribution in [0.3, 0.4) is 0 Å². The Kier molecular flexibility index (Phi) is 6.20. The molecule has 2 aromatic rings. The van der Waals surface area contributed by atoms with Crippen LogP contribution in [0, 0.1) is 0 Å². The average Bonchev–Trinajstić information content (AvgIpc) is 2.92. The number of hydrogen-bond donors (Lipinski definition) is 1. The van der Waals surface area contributed by atoms with Gasteiger partial charge in [-0.05, 0) is 18.4 Å². The van der Waals surface area contributed by atoms with Crippen LogP contribution in [0.15, 0.2) is 36.7 Å². The summed E-state index contributed by atoms with van der Waals surface area (Å²) in [6.45, 7) is 3.17. The summed E-state index contributed by atoms with van der Waals surface area (Å²) in [4.78, 5) is 4.29. The van der Waals surface area contributed by atoms with Gasteiger partial charge < -0.3 is 10.1 Å². The second-order valence-electron chi connectivity index (χ2n) is 4.66. The van der Waals surface area contributed by atoms with Crippen LogP contribution >= 0.6 is 0 Å². The molecule has 0 unspecified atom stereocenters. The Morgan fingerprint density at radius 2 is 2.10 bits per heavy atom. The summed E-state index contributed by atoms with van der Waals surface area (Å²) in [5.74, 6) is 0.981. The van der Waals surface area contributed by atoms with Gasteiger partial charge in [-0.1, -0.05) is 30.3 Å². The van der Waals surface area contributed by atoms with Gasteiger partial charge in [-0.3, -0.25) is 0 Å². The number of aryl methyl sites for hydroxylation is 2. The maximum absolute atomic E-state index is 5.00. The van der Waals surface area contributed by atoms with E-state index in [4.69, 9.17) is 4.74 Å². The third-order valence-electron chi connectivity index (χ3n) is 3.14. The van der Waals surface area contributed by atoms with Crippen molar-refractivity contribution < 1.29 is 4.74 Å². The molecule has 0 aliphatic carbocycles. The Labute approximate surface area is 120 Å². The zero-order valence-corrected chi connectivity index (χ0v) is 12.0. The van der Waals surface area contributed by atoms with Gasteiger partial charge >= 0.3 is 0 Å². The normalized spacial score (nSPS) is 10.8. The maximum Gasteiger partial charge on any atom is 0.140 e. The lowest BCUT2D eigenvalue weighted by Crippen LogP contribution is -2.21. The number of ether oxygens (including phenoxy) is 1. The van der Waals surface area contributed by atoms with Crippen molar-refractivity contribution in [1.29, 1.82) is 0 Å². The molecule has 1 N–H and O–H groups in total. The second-order valence-corrected chi connectivity index (χ2v) is 4.66. The van der Waals surface area contributed by atoms with E-state index in [0.29, 0.717) is 6.61 Å². The molecule has 0 saturated heterocycles. The molecule has 0 aliphatic heterocycles. The predicted molar refractivity (Wildman–Crippen MR) is 78.4 cm³/mol. The number of rotatable bonds is 9. The van der Waals surface area contributed by atoms with E-state index in [0.717, 1.165) is 38.3 Å². The Morgan fingerprint density at radius 3 is 2.90 bits per heavy atom. The van der Waals surface area contributed by atoms with Crippen LogP contribution in [0.5, 0.6) is 0 Å². The van der Waals surface area contributed by atoms with Crippen molar-refractivity contribution in [3.63, 3.8) is 0 Å². The molecule has 0 atom stereocenters. The lowest BCUT2D eigenvalue weighted by Gasteiger charge is -2.07. The molecule has 0 radical (unpaired) electrons. The molecule has 0 fully saturated rings. The van der Waals surface area contributed by atoms with Crippen molar-refractivity contribution in [2.24, 2.45) is 0 Å². The van der Waals surface area contributed by atoms with Crippen molar-refractivity contribution in [1.82, 2.24) is 20.1 Å². The van der Waals surface area contributed by atoms with Crippen molar-refractivity contribution in [3.8, 4) is 0 Å². The van der Waals surface area contributed by atoms with E-state index in [2.05, 4.69) is 39.7 Å². The highest BCUT2D eigenvalue weighted by atomic mass is 16.5. The summed E-state index contributed by atoms with van der Waals surface area (Å²) in [6, 6.07) is 10.5. The lowest BCUT2D eigenvalue weighted by molar-refractivity contribution is 0.198. The van der Waals surface area contributed by atoms with Crippen LogP contribution in [-0.4, -0.2) is 35.0 Å². The molecule has 0 amide bonds. The van der Waals surface area contributed by atoms with Crippen LogP contribution in [-0.2, 0) is 24.2 Å². The third kappa shape index (κ3) is 4.75. The molecule has 0 saturated carbocycles. The highest BCUT2D eigenvalue weighted by Gasteiger charge is 2.03. The molecule has 0 bridgehead atoms. The second kappa shape index (κ2) is 8.45. The SMILES string of the molecule is COCCNCc1ncnn1CCCc1ccccc1. The molecule has 20 heavy (non-hydrogen) atoms. The summed E-state index contributed by atoms with van der Waals surface area (Å²) in [5, 5.41) is 7.57. The Hall–Kier alpha value is -1.72. The van der Waals surface area contributed by atoms with Crippen LogP contribution in [0.2, 0.25) is 0 Å². The average molecular weight is 274 g/mol. The van der Waals surface area contributed by atoms with Crippen LogP contribution in [0.25, 0.3) is 0 Å². The molecule has 1 aromatic carbocycles. The number of nitrogens with zero attached hydrogens (tertiary/aromatic N) is 3. The minimum atomic E-state index is 0.710. The standard InChI is InChI=1S/C15H22N4O/c1-20-11-9-16-12-15-17-13-18-19(15)10-5-8-14-6-3-2-4-7-14/h2-4,6-7,13,16H,5,8-12H2,1H3. The zero-order valence-electron chi connectivity index (χ0n) is 12.0. The fraction of sp³-hybridized carbons (Fsp3) is 0.467. The molecule has 1 aromatic heterocycles. The molecule has 0 aliphatic rings. The van der Waals surface area contributed by atoms with Gasteiger partial charge in [0.15, 0.2) is 0 Å².